The molecule has 0 saturated carbocycles. The maximum atomic E-state index is 13.0. The van der Waals surface area contributed by atoms with Crippen LogP contribution in [-0.2, 0) is 11.2 Å². The minimum absolute atomic E-state index is 0. The van der Waals surface area contributed by atoms with Gasteiger partial charge < -0.3 is 16.0 Å². The van der Waals surface area contributed by atoms with E-state index in [4.69, 9.17) is 0 Å². The lowest BCUT2D eigenvalue weighted by Crippen LogP contribution is -2.42. The summed E-state index contributed by atoms with van der Waals surface area (Å²) in [6, 6.07) is 6.02. The van der Waals surface area contributed by atoms with Gasteiger partial charge in [-0.3, -0.25) is 14.5 Å². The zero-order valence-corrected chi connectivity index (χ0v) is 17.2. The van der Waals surface area contributed by atoms with E-state index in [9.17, 15) is 9.59 Å². The molecule has 1 aromatic carbocycles. The van der Waals surface area contributed by atoms with Gasteiger partial charge in [0.2, 0.25) is 5.91 Å². The van der Waals surface area contributed by atoms with E-state index in [1.807, 2.05) is 12.1 Å². The molecule has 0 bridgehead atoms. The number of aryl methyl sites for hydroxylation is 1. The van der Waals surface area contributed by atoms with Gasteiger partial charge in [-0.25, -0.2) is 0 Å². The lowest BCUT2D eigenvalue weighted by Gasteiger charge is -2.25. The van der Waals surface area contributed by atoms with E-state index in [0.29, 0.717) is 24.9 Å². The number of benzene rings is 1. The number of carbonyl (C=O) groups excluding carboxylic acids is 2. The summed E-state index contributed by atoms with van der Waals surface area (Å²) in [5.74, 6) is 0.781. The van der Waals surface area contributed by atoms with Crippen LogP contribution < -0.4 is 16.0 Å². The molecular weight excluding hydrogens is 364 g/mol. The number of likely N-dealkylation sites (tertiary alicyclic amines) is 1. The molecule has 2 aliphatic rings. The fraction of sp³-hybridized carbons (Fsp3) is 0.600. The van der Waals surface area contributed by atoms with Gasteiger partial charge >= 0.3 is 0 Å². The number of nitrogens with zero attached hydrogens (tertiary/aromatic N) is 1. The Kier molecular flexibility index (Phi) is 7.50. The molecular formula is C20H31ClN4O2. The molecule has 150 valence electrons. The molecule has 1 saturated heterocycles. The minimum Gasteiger partial charge on any atom is -0.384 e. The molecule has 7 heteroatoms. The number of hydrogen-bond acceptors (Lipinski definition) is 4. The van der Waals surface area contributed by atoms with Gasteiger partial charge in [0, 0.05) is 32.7 Å². The van der Waals surface area contributed by atoms with E-state index in [1.165, 1.54) is 5.56 Å². The number of nitrogens with one attached hydrogen (secondary N) is 3. The standard InChI is InChI=1S/C20H30N4O2.ClH/c1-13(2)16-10-24(12-18(25)21-3)11-17(16)23-20(26)15-8-4-6-14-7-5-9-22-19(14)15;/h4,6,8,13,16-17,22H,5,7,9-12H2,1-3H3,(H,21,25)(H,23,26);1H/t16-,17+;/m1./s1. The second-order valence-electron chi connectivity index (χ2n) is 7.73. The molecule has 0 spiro atoms. The second kappa shape index (κ2) is 9.42. The molecule has 0 aromatic heterocycles. The van der Waals surface area contributed by atoms with E-state index in [-0.39, 0.29) is 30.3 Å². The highest BCUT2D eigenvalue weighted by molar-refractivity contribution is 6.00. The monoisotopic (exact) mass is 394 g/mol. The first-order valence-electron chi connectivity index (χ1n) is 9.59. The van der Waals surface area contributed by atoms with Crippen LogP contribution in [0.3, 0.4) is 0 Å². The predicted molar refractivity (Wildman–Crippen MR) is 111 cm³/mol. The van der Waals surface area contributed by atoms with Crippen molar-refractivity contribution in [2.45, 2.75) is 32.7 Å². The topological polar surface area (TPSA) is 73.5 Å². The van der Waals surface area contributed by atoms with E-state index in [1.54, 1.807) is 7.05 Å². The zero-order valence-electron chi connectivity index (χ0n) is 16.4. The average molecular weight is 395 g/mol. The van der Waals surface area contributed by atoms with Crippen molar-refractivity contribution in [1.82, 2.24) is 15.5 Å². The van der Waals surface area contributed by atoms with Crippen molar-refractivity contribution in [3.8, 4) is 0 Å². The van der Waals surface area contributed by atoms with Crippen LogP contribution in [0.1, 0.15) is 36.2 Å². The van der Waals surface area contributed by atoms with Crippen LogP contribution in [0, 0.1) is 11.8 Å². The third-order valence-corrected chi connectivity index (χ3v) is 5.58. The normalized spacial score (nSPS) is 21.8. The predicted octanol–water partition coefficient (Wildman–Crippen LogP) is 1.90. The summed E-state index contributed by atoms with van der Waals surface area (Å²) in [4.78, 5) is 26.8. The van der Waals surface area contributed by atoms with Gasteiger partial charge in [0.15, 0.2) is 0 Å². The number of fused-ring (bicyclic) bond motifs is 1. The van der Waals surface area contributed by atoms with Gasteiger partial charge in [-0.2, -0.15) is 0 Å². The fourth-order valence-corrected chi connectivity index (χ4v) is 4.10. The Hall–Kier alpha value is -1.79. The van der Waals surface area contributed by atoms with Gasteiger partial charge in [-0.1, -0.05) is 26.0 Å². The van der Waals surface area contributed by atoms with Crippen LogP contribution in [0.15, 0.2) is 18.2 Å². The summed E-state index contributed by atoms with van der Waals surface area (Å²) in [5, 5.41) is 9.31. The quantitative estimate of drug-likeness (QED) is 0.713. The van der Waals surface area contributed by atoms with Crippen molar-refractivity contribution in [2.24, 2.45) is 11.8 Å². The molecule has 3 rings (SSSR count). The first kappa shape index (κ1) is 21.5. The number of halogens is 1. The number of likely N-dealkylation sites (N-methyl/N-ethyl adjacent to an activating group) is 1. The molecule has 6 nitrogen and oxygen atoms in total. The molecule has 2 amide bonds. The highest BCUT2D eigenvalue weighted by Gasteiger charge is 2.36. The molecule has 2 heterocycles. The molecule has 3 N–H and O–H groups in total. The van der Waals surface area contributed by atoms with Crippen LogP contribution in [0.4, 0.5) is 5.69 Å². The van der Waals surface area contributed by atoms with E-state index >= 15 is 0 Å². The molecule has 0 aliphatic carbocycles. The number of hydrogen-bond donors (Lipinski definition) is 3. The Morgan fingerprint density at radius 1 is 1.30 bits per heavy atom. The van der Waals surface area contributed by atoms with Gasteiger partial charge in [-0.05, 0) is 36.3 Å². The van der Waals surface area contributed by atoms with Crippen molar-refractivity contribution in [1.29, 1.82) is 0 Å². The van der Waals surface area contributed by atoms with Crippen LogP contribution >= 0.6 is 12.4 Å². The third-order valence-electron chi connectivity index (χ3n) is 5.58. The molecule has 2 aliphatic heterocycles. The molecule has 2 atom stereocenters. The summed E-state index contributed by atoms with van der Waals surface area (Å²) >= 11 is 0. The summed E-state index contributed by atoms with van der Waals surface area (Å²) in [6.07, 6.45) is 2.12. The molecule has 1 aromatic rings. The average Bonchev–Trinajstić information content (AvgIpc) is 3.03. The van der Waals surface area contributed by atoms with Gasteiger partial charge in [-0.15, -0.1) is 12.4 Å². The summed E-state index contributed by atoms with van der Waals surface area (Å²) < 4.78 is 0. The highest BCUT2D eigenvalue weighted by Crippen LogP contribution is 2.28. The maximum absolute atomic E-state index is 13.0. The van der Waals surface area contributed by atoms with Crippen molar-refractivity contribution in [3.63, 3.8) is 0 Å². The Morgan fingerprint density at radius 3 is 2.78 bits per heavy atom. The Balaban J connectivity index is 0.00000261. The smallest absolute Gasteiger partial charge is 0.253 e. The summed E-state index contributed by atoms with van der Waals surface area (Å²) in [7, 11) is 1.66. The number of carbonyl (C=O) groups is 2. The van der Waals surface area contributed by atoms with Crippen LogP contribution in [0.2, 0.25) is 0 Å². The first-order chi connectivity index (χ1) is 12.5. The lowest BCUT2D eigenvalue weighted by molar-refractivity contribution is -0.121. The number of para-hydroxylation sites is 1. The fourth-order valence-electron chi connectivity index (χ4n) is 4.10. The Labute approximate surface area is 167 Å². The molecule has 27 heavy (non-hydrogen) atoms. The summed E-state index contributed by atoms with van der Waals surface area (Å²) in [6.45, 7) is 7.20. The van der Waals surface area contributed by atoms with Crippen LogP contribution in [-0.4, -0.2) is 56.0 Å². The minimum atomic E-state index is -0.0197. The molecule has 1 fully saturated rings. The van der Waals surface area contributed by atoms with Gasteiger partial charge in [0.25, 0.3) is 5.91 Å². The number of amides is 2. The first-order valence-corrected chi connectivity index (χ1v) is 9.59. The lowest BCUT2D eigenvalue weighted by atomic mass is 9.91. The highest BCUT2D eigenvalue weighted by atomic mass is 35.5. The number of rotatable bonds is 5. The number of anilines is 1. The van der Waals surface area contributed by atoms with Crippen molar-refractivity contribution in [3.05, 3.63) is 29.3 Å². The second-order valence-corrected chi connectivity index (χ2v) is 7.73. The van der Waals surface area contributed by atoms with Crippen molar-refractivity contribution < 1.29 is 9.59 Å². The molecule has 0 unspecified atom stereocenters. The Morgan fingerprint density at radius 2 is 2.07 bits per heavy atom. The Bertz CT molecular complexity index is 680. The van der Waals surface area contributed by atoms with Crippen molar-refractivity contribution >= 4 is 29.9 Å². The van der Waals surface area contributed by atoms with E-state index < -0.39 is 0 Å². The molecule has 0 radical (unpaired) electrons. The third kappa shape index (κ3) is 4.93. The van der Waals surface area contributed by atoms with Gasteiger partial charge in [0.05, 0.1) is 17.8 Å². The van der Waals surface area contributed by atoms with Crippen LogP contribution in [0.25, 0.3) is 0 Å². The zero-order chi connectivity index (χ0) is 18.7. The van der Waals surface area contributed by atoms with E-state index in [2.05, 4.69) is 40.8 Å². The SMILES string of the molecule is CNC(=O)CN1C[C@H](NC(=O)c2cccc3c2NCCC3)[C@@H](C(C)C)C1.Cl. The largest absolute Gasteiger partial charge is 0.384 e. The van der Waals surface area contributed by atoms with E-state index in [0.717, 1.165) is 37.2 Å². The van der Waals surface area contributed by atoms with Crippen LogP contribution in [0.5, 0.6) is 0 Å². The van der Waals surface area contributed by atoms with Gasteiger partial charge in [0.1, 0.15) is 0 Å². The summed E-state index contributed by atoms with van der Waals surface area (Å²) in [5.41, 5.74) is 2.93. The maximum Gasteiger partial charge on any atom is 0.253 e. The van der Waals surface area contributed by atoms with Crippen molar-refractivity contribution in [2.75, 3.05) is 38.5 Å².